The molecule has 0 saturated heterocycles. The minimum Gasteiger partial charge on any atom is -0.508 e. The third kappa shape index (κ3) is 5.77. The van der Waals surface area contributed by atoms with Crippen LogP contribution in [0.4, 0.5) is 5.69 Å². The van der Waals surface area contributed by atoms with E-state index in [-0.39, 0.29) is 12.2 Å². The number of aromatic hydroxyl groups is 1. The quantitative estimate of drug-likeness (QED) is 0.378. The molecule has 0 amide bonds. The number of carboxylic acids is 2. The van der Waals surface area contributed by atoms with E-state index < -0.39 is 44.0 Å². The molecule has 0 aliphatic carbocycles. The van der Waals surface area contributed by atoms with E-state index in [0.717, 1.165) is 0 Å². The maximum atomic E-state index is 12.2. The van der Waals surface area contributed by atoms with Gasteiger partial charge in [-0.3, -0.25) is 9.59 Å². The monoisotopic (exact) mass is 406 g/mol. The third-order valence-electron chi connectivity index (χ3n) is 4.32. The van der Waals surface area contributed by atoms with E-state index in [0.29, 0.717) is 11.3 Å². The first-order valence-electron chi connectivity index (χ1n) is 8.50. The Kier molecular flexibility index (Phi) is 7.49. The second kappa shape index (κ2) is 9.82. The van der Waals surface area contributed by atoms with Crippen LogP contribution in [-0.2, 0) is 14.2 Å². The smallest absolute Gasteiger partial charge is 0.508 e. The summed E-state index contributed by atoms with van der Waals surface area (Å²) in [5, 5.41) is 31.2. The van der Waals surface area contributed by atoms with E-state index in [9.17, 15) is 29.3 Å². The molecule has 2 aromatic rings. The van der Waals surface area contributed by atoms with Crippen LogP contribution in [0, 0.1) is 5.92 Å². The molecule has 28 heavy (non-hydrogen) atoms. The number of carbonyl (C=O) groups is 2. The van der Waals surface area contributed by atoms with Gasteiger partial charge in [0, 0.05) is 18.2 Å². The molecule has 0 saturated carbocycles. The number of rotatable bonds is 10. The summed E-state index contributed by atoms with van der Waals surface area (Å²) in [6, 6.07) is 13.7. The van der Waals surface area contributed by atoms with Crippen molar-refractivity contribution in [1.29, 1.82) is 0 Å². The first-order chi connectivity index (χ1) is 13.3. The average molecular weight is 406 g/mol. The molecule has 9 heteroatoms. The van der Waals surface area contributed by atoms with Crippen molar-refractivity contribution >= 4 is 25.7 Å². The summed E-state index contributed by atoms with van der Waals surface area (Å²) in [6.07, 6.45) is -0.730. The van der Waals surface area contributed by atoms with Crippen molar-refractivity contribution in [2.24, 2.45) is 5.92 Å². The van der Waals surface area contributed by atoms with Crippen molar-refractivity contribution in [3.8, 4) is 5.75 Å². The van der Waals surface area contributed by atoms with Crippen molar-refractivity contribution in [3.05, 3.63) is 60.2 Å². The van der Waals surface area contributed by atoms with Crippen molar-refractivity contribution in [2.45, 2.75) is 24.5 Å². The maximum absolute atomic E-state index is 12.2. The Labute approximate surface area is 162 Å². The van der Waals surface area contributed by atoms with Crippen molar-refractivity contribution in [2.75, 3.05) is 5.32 Å². The van der Waals surface area contributed by atoms with Crippen molar-refractivity contribution in [1.82, 2.24) is 0 Å². The lowest BCUT2D eigenvalue weighted by molar-refractivity contribution is -0.143. The summed E-state index contributed by atoms with van der Waals surface area (Å²) in [5.74, 6) is -3.92. The van der Waals surface area contributed by atoms with E-state index in [2.05, 4.69) is 5.32 Å². The van der Waals surface area contributed by atoms with Crippen LogP contribution in [0.1, 0.15) is 24.4 Å². The molecule has 0 spiro atoms. The number of phenols is 1. The van der Waals surface area contributed by atoms with Crippen LogP contribution >= 0.6 is 8.03 Å². The number of carboxylic acid groups (broad SMARTS) is 2. The standard InChI is InChI=1S/C19H20NO7P/c21-14-8-4-7-13(11-14)20-17(12-5-2-1-3-6-12)18(28(26)27)15(19(24)25)9-10-16(22)23/h1-8,11,15,17-18,20H,9-10H2,(H3-,21,22,23,24,25,26,27)/p+1. The number of benzene rings is 2. The molecule has 2 aromatic carbocycles. The summed E-state index contributed by atoms with van der Waals surface area (Å²) in [4.78, 5) is 32.7. The fourth-order valence-corrected chi connectivity index (χ4v) is 4.12. The molecule has 4 atom stereocenters. The molecular weight excluding hydrogens is 385 g/mol. The van der Waals surface area contributed by atoms with Crippen molar-refractivity contribution in [3.63, 3.8) is 0 Å². The van der Waals surface area contributed by atoms with Gasteiger partial charge in [0.05, 0.1) is 0 Å². The van der Waals surface area contributed by atoms with E-state index in [1.807, 2.05) is 0 Å². The van der Waals surface area contributed by atoms with Gasteiger partial charge in [0.25, 0.3) is 0 Å². The highest BCUT2D eigenvalue weighted by Crippen LogP contribution is 2.42. The van der Waals surface area contributed by atoms with Gasteiger partial charge in [0.1, 0.15) is 17.7 Å². The molecule has 8 nitrogen and oxygen atoms in total. The van der Waals surface area contributed by atoms with Gasteiger partial charge in [-0.05, 0) is 28.7 Å². The van der Waals surface area contributed by atoms with E-state index in [4.69, 9.17) is 5.11 Å². The molecule has 0 bridgehead atoms. The lowest BCUT2D eigenvalue weighted by Gasteiger charge is -2.25. The molecule has 4 unspecified atom stereocenters. The third-order valence-corrected chi connectivity index (χ3v) is 5.49. The number of hydrogen-bond donors (Lipinski definition) is 5. The van der Waals surface area contributed by atoms with Gasteiger partial charge in [-0.1, -0.05) is 36.4 Å². The summed E-state index contributed by atoms with van der Waals surface area (Å²) in [6.45, 7) is 0. The van der Waals surface area contributed by atoms with Gasteiger partial charge in [-0.2, -0.15) is 4.89 Å². The maximum Gasteiger partial charge on any atom is 0.512 e. The summed E-state index contributed by atoms with van der Waals surface area (Å²) >= 11 is 0. The second-order valence-corrected chi connectivity index (χ2v) is 7.45. The average Bonchev–Trinajstić information content (AvgIpc) is 2.63. The highest BCUT2D eigenvalue weighted by molar-refractivity contribution is 7.39. The van der Waals surface area contributed by atoms with Gasteiger partial charge in [-0.25, -0.2) is 0 Å². The van der Waals surface area contributed by atoms with Crippen LogP contribution in [-0.4, -0.2) is 37.8 Å². The highest BCUT2D eigenvalue weighted by atomic mass is 31.1. The Morgan fingerprint density at radius 1 is 1.04 bits per heavy atom. The fourth-order valence-electron chi connectivity index (χ4n) is 3.03. The highest BCUT2D eigenvalue weighted by Gasteiger charge is 2.48. The molecule has 0 heterocycles. The lowest BCUT2D eigenvalue weighted by atomic mass is 9.90. The largest absolute Gasteiger partial charge is 0.512 e. The van der Waals surface area contributed by atoms with E-state index in [1.54, 1.807) is 42.5 Å². The summed E-state index contributed by atoms with van der Waals surface area (Å²) < 4.78 is 12.2. The summed E-state index contributed by atoms with van der Waals surface area (Å²) in [5.41, 5.74) is -0.301. The van der Waals surface area contributed by atoms with Crippen LogP contribution in [0.25, 0.3) is 0 Å². The van der Waals surface area contributed by atoms with E-state index >= 15 is 0 Å². The molecule has 2 rings (SSSR count). The molecule has 0 aromatic heterocycles. The SMILES string of the molecule is O=C(O)CCC(C(=O)O)C(C(Nc1cccc(O)c1)c1ccccc1)[P+](=O)O. The van der Waals surface area contributed by atoms with Crippen LogP contribution in [0.5, 0.6) is 5.75 Å². The molecule has 0 radical (unpaired) electrons. The zero-order chi connectivity index (χ0) is 20.7. The Morgan fingerprint density at radius 3 is 2.25 bits per heavy atom. The number of hydrogen-bond acceptors (Lipinski definition) is 5. The predicted molar refractivity (Wildman–Crippen MR) is 103 cm³/mol. The topological polar surface area (TPSA) is 144 Å². The Balaban J connectivity index is 2.47. The van der Waals surface area contributed by atoms with Gasteiger partial charge in [0.15, 0.2) is 0 Å². The number of nitrogens with one attached hydrogen (secondary N) is 1. The molecule has 148 valence electrons. The van der Waals surface area contributed by atoms with Gasteiger partial charge < -0.3 is 20.6 Å². The Bertz CT molecular complexity index is 843. The zero-order valence-electron chi connectivity index (χ0n) is 14.8. The second-order valence-electron chi connectivity index (χ2n) is 6.25. The summed E-state index contributed by atoms with van der Waals surface area (Å²) in [7, 11) is -2.98. The van der Waals surface area contributed by atoms with E-state index in [1.165, 1.54) is 12.1 Å². The zero-order valence-corrected chi connectivity index (χ0v) is 15.7. The molecule has 5 N–H and O–H groups in total. The molecular formula is C19H21NO7P+. The Morgan fingerprint density at radius 2 is 1.71 bits per heavy atom. The van der Waals surface area contributed by atoms with Gasteiger partial charge >= 0.3 is 20.0 Å². The van der Waals surface area contributed by atoms with Crippen LogP contribution < -0.4 is 5.32 Å². The number of aliphatic carboxylic acids is 2. The minimum atomic E-state index is -2.98. The van der Waals surface area contributed by atoms with Crippen molar-refractivity contribution < 1.29 is 34.4 Å². The minimum absolute atomic E-state index is 0.0255. The molecule has 0 aliphatic heterocycles. The van der Waals surface area contributed by atoms with Crippen LogP contribution in [0.15, 0.2) is 54.6 Å². The van der Waals surface area contributed by atoms with Gasteiger partial charge in [0.2, 0.25) is 5.66 Å². The van der Waals surface area contributed by atoms with Gasteiger partial charge in [-0.15, -0.1) is 0 Å². The predicted octanol–water partition coefficient (Wildman–Crippen LogP) is 3.21. The first-order valence-corrected chi connectivity index (χ1v) is 9.78. The first kappa shape index (κ1) is 21.3. The normalized spacial score (nSPS) is 14.5. The number of anilines is 1. The number of phenolic OH excluding ortho intramolecular Hbond substituents is 1. The Hall–Kier alpha value is -2.96. The lowest BCUT2D eigenvalue weighted by Crippen LogP contribution is -2.35. The van der Waals surface area contributed by atoms with Crippen LogP contribution in [0.2, 0.25) is 0 Å². The fraction of sp³-hybridized carbons (Fsp3) is 0.263. The molecule has 0 aliphatic rings. The molecule has 0 fully saturated rings. The van der Waals surface area contributed by atoms with Crippen LogP contribution in [0.3, 0.4) is 0 Å².